The molecule has 0 aromatic rings. The Balaban J connectivity index is 2.05. The summed E-state index contributed by atoms with van der Waals surface area (Å²) in [7, 11) is 0. The molecular formula is C26H38O2. The van der Waals surface area contributed by atoms with Crippen molar-refractivity contribution in [3.8, 4) is 0 Å². The summed E-state index contributed by atoms with van der Waals surface area (Å²) in [5.41, 5.74) is 3.75. The van der Waals surface area contributed by atoms with Crippen LogP contribution in [0.4, 0.5) is 0 Å². The van der Waals surface area contributed by atoms with Crippen LogP contribution in [0.3, 0.4) is 0 Å². The zero-order valence-electron chi connectivity index (χ0n) is 18.7. The molecule has 1 saturated carbocycles. The second-order valence-corrected chi connectivity index (χ2v) is 10.9. The Morgan fingerprint density at radius 2 is 1.93 bits per heavy atom. The molecule has 2 heteroatoms. The first-order chi connectivity index (χ1) is 13.0. The maximum atomic E-state index is 12.1. The van der Waals surface area contributed by atoms with Crippen LogP contribution in [0.25, 0.3) is 0 Å². The molecule has 1 fully saturated rings. The monoisotopic (exact) mass is 382 g/mol. The van der Waals surface area contributed by atoms with Gasteiger partial charge in [0, 0.05) is 11.8 Å². The van der Waals surface area contributed by atoms with E-state index in [-0.39, 0.29) is 22.0 Å². The minimum atomic E-state index is -0.169. The van der Waals surface area contributed by atoms with Gasteiger partial charge in [0.1, 0.15) is 12.1 Å². The summed E-state index contributed by atoms with van der Waals surface area (Å²) in [4.78, 5) is 24.1. The minimum Gasteiger partial charge on any atom is -0.300 e. The van der Waals surface area contributed by atoms with Crippen molar-refractivity contribution >= 4 is 12.1 Å². The van der Waals surface area contributed by atoms with E-state index in [1.165, 1.54) is 24.0 Å². The number of ketones is 1. The highest BCUT2D eigenvalue weighted by Gasteiger charge is 2.50. The first-order valence-corrected chi connectivity index (χ1v) is 11.1. The van der Waals surface area contributed by atoms with Gasteiger partial charge in [-0.1, -0.05) is 70.4 Å². The van der Waals surface area contributed by atoms with Gasteiger partial charge in [-0.05, 0) is 67.3 Å². The third kappa shape index (κ3) is 3.84. The zero-order chi connectivity index (χ0) is 20.7. The number of fused-ring (bicyclic) bond motifs is 1. The molecule has 0 aromatic carbocycles. The van der Waals surface area contributed by atoms with Crippen molar-refractivity contribution in [2.45, 2.75) is 86.5 Å². The Morgan fingerprint density at radius 3 is 2.50 bits per heavy atom. The van der Waals surface area contributed by atoms with Crippen LogP contribution in [-0.2, 0) is 9.59 Å². The van der Waals surface area contributed by atoms with E-state index in [0.29, 0.717) is 18.3 Å². The van der Waals surface area contributed by atoms with E-state index in [2.05, 4.69) is 52.8 Å². The van der Waals surface area contributed by atoms with Crippen molar-refractivity contribution in [1.82, 2.24) is 0 Å². The molecule has 3 aliphatic rings. The first kappa shape index (κ1) is 21.3. The summed E-state index contributed by atoms with van der Waals surface area (Å²) in [5, 5.41) is 0. The summed E-state index contributed by atoms with van der Waals surface area (Å²) >= 11 is 0. The SMILES string of the molecule is CC(=O)C[C@]1(/C=C2/C=C(C=O)[C@@]3(C)CCCC(C)(C)[C@@H]3C2)C=C(C(C)C)CC1. The standard InChI is InChI=1S/C26H38O2/c1-18(2)21-8-11-26(16-21,14-19(3)28)15-20-12-22(17-27)25(6)10-7-9-24(4,5)23(25)13-20/h12,15-18,23H,7-11,13-14H2,1-6H3/b20-15-/t23-,25+,26+/m0/s1. The molecule has 3 rings (SSSR count). The molecule has 3 aliphatic carbocycles. The summed E-state index contributed by atoms with van der Waals surface area (Å²) < 4.78 is 0. The third-order valence-electron chi connectivity index (χ3n) is 7.94. The Hall–Kier alpha value is -1.44. The topological polar surface area (TPSA) is 34.1 Å². The van der Waals surface area contributed by atoms with E-state index in [0.717, 1.165) is 37.5 Å². The van der Waals surface area contributed by atoms with Gasteiger partial charge >= 0.3 is 0 Å². The fourth-order valence-corrected chi connectivity index (χ4v) is 6.38. The lowest BCUT2D eigenvalue weighted by Crippen LogP contribution is -2.45. The normalized spacial score (nSPS) is 36.1. The molecule has 0 bridgehead atoms. The number of hydrogen-bond acceptors (Lipinski definition) is 2. The van der Waals surface area contributed by atoms with E-state index in [9.17, 15) is 9.59 Å². The molecule has 0 heterocycles. The smallest absolute Gasteiger partial charge is 0.146 e. The Bertz CT molecular complexity index is 748. The Kier molecular flexibility index (Phi) is 5.64. The van der Waals surface area contributed by atoms with Crippen molar-refractivity contribution in [3.05, 3.63) is 34.9 Å². The van der Waals surface area contributed by atoms with E-state index < -0.39 is 0 Å². The molecule has 28 heavy (non-hydrogen) atoms. The van der Waals surface area contributed by atoms with Gasteiger partial charge in [0.05, 0.1) is 0 Å². The molecule has 3 atom stereocenters. The molecule has 0 aromatic heterocycles. The van der Waals surface area contributed by atoms with E-state index >= 15 is 0 Å². The van der Waals surface area contributed by atoms with E-state index in [1.807, 2.05) is 0 Å². The molecule has 0 saturated heterocycles. The molecule has 0 spiro atoms. The van der Waals surface area contributed by atoms with Crippen LogP contribution in [0.5, 0.6) is 0 Å². The Morgan fingerprint density at radius 1 is 1.21 bits per heavy atom. The van der Waals surface area contributed by atoms with Crippen LogP contribution in [0.2, 0.25) is 0 Å². The molecule has 2 nitrogen and oxygen atoms in total. The largest absolute Gasteiger partial charge is 0.300 e. The number of carbonyl (C=O) groups excluding carboxylic acids is 2. The van der Waals surface area contributed by atoms with Gasteiger partial charge in [0.25, 0.3) is 0 Å². The number of allylic oxidation sites excluding steroid dienone is 6. The minimum absolute atomic E-state index is 0.0107. The molecule has 0 radical (unpaired) electrons. The highest BCUT2D eigenvalue weighted by molar-refractivity contribution is 5.78. The van der Waals surface area contributed by atoms with Crippen molar-refractivity contribution in [1.29, 1.82) is 0 Å². The predicted molar refractivity (Wildman–Crippen MR) is 116 cm³/mol. The molecule has 0 amide bonds. The van der Waals surface area contributed by atoms with Crippen LogP contribution in [-0.4, -0.2) is 12.1 Å². The van der Waals surface area contributed by atoms with Crippen molar-refractivity contribution in [2.24, 2.45) is 28.1 Å². The molecule has 0 N–H and O–H groups in total. The van der Waals surface area contributed by atoms with Crippen LogP contribution in [0, 0.1) is 28.1 Å². The summed E-state index contributed by atoms with van der Waals surface area (Å²) in [6.07, 6.45) is 15.2. The van der Waals surface area contributed by atoms with Crippen molar-refractivity contribution in [2.75, 3.05) is 0 Å². The van der Waals surface area contributed by atoms with E-state index in [4.69, 9.17) is 0 Å². The lowest BCUT2D eigenvalue weighted by Gasteiger charge is -2.53. The van der Waals surface area contributed by atoms with Gasteiger partial charge in [-0.2, -0.15) is 0 Å². The van der Waals surface area contributed by atoms with E-state index in [1.54, 1.807) is 6.92 Å². The van der Waals surface area contributed by atoms with Crippen LogP contribution in [0.15, 0.2) is 34.9 Å². The van der Waals surface area contributed by atoms with Crippen molar-refractivity contribution in [3.63, 3.8) is 0 Å². The van der Waals surface area contributed by atoms with Crippen LogP contribution >= 0.6 is 0 Å². The number of Topliss-reactive ketones (excluding diaryl/α,β-unsaturated/α-hetero) is 1. The van der Waals surface area contributed by atoms with Gasteiger partial charge in [0.15, 0.2) is 0 Å². The lowest BCUT2D eigenvalue weighted by molar-refractivity contribution is -0.118. The maximum Gasteiger partial charge on any atom is 0.146 e. The first-order valence-electron chi connectivity index (χ1n) is 11.1. The molecule has 0 unspecified atom stereocenters. The predicted octanol–water partition coefficient (Wildman–Crippen LogP) is 6.62. The van der Waals surface area contributed by atoms with Crippen molar-refractivity contribution < 1.29 is 9.59 Å². The van der Waals surface area contributed by atoms with Gasteiger partial charge < -0.3 is 0 Å². The Labute approximate surface area is 171 Å². The zero-order valence-corrected chi connectivity index (χ0v) is 18.7. The van der Waals surface area contributed by atoms with Crippen LogP contribution in [0.1, 0.15) is 86.5 Å². The fourth-order valence-electron chi connectivity index (χ4n) is 6.38. The number of aldehydes is 1. The summed E-state index contributed by atoms with van der Waals surface area (Å²) in [6, 6.07) is 0. The lowest BCUT2D eigenvalue weighted by atomic mass is 9.50. The highest BCUT2D eigenvalue weighted by Crippen LogP contribution is 2.59. The third-order valence-corrected chi connectivity index (χ3v) is 7.94. The maximum absolute atomic E-state index is 12.1. The number of carbonyl (C=O) groups is 2. The molecular weight excluding hydrogens is 344 g/mol. The highest BCUT2D eigenvalue weighted by atomic mass is 16.1. The average Bonchev–Trinajstić information content (AvgIpc) is 2.98. The summed E-state index contributed by atoms with van der Waals surface area (Å²) in [5.74, 6) is 1.26. The summed E-state index contributed by atoms with van der Waals surface area (Å²) in [6.45, 7) is 13.2. The number of rotatable bonds is 5. The molecule has 154 valence electrons. The van der Waals surface area contributed by atoms with Crippen LogP contribution < -0.4 is 0 Å². The fraction of sp³-hybridized carbons (Fsp3) is 0.692. The average molecular weight is 383 g/mol. The second kappa shape index (κ2) is 7.43. The van der Waals surface area contributed by atoms with Gasteiger partial charge in [0.2, 0.25) is 0 Å². The van der Waals surface area contributed by atoms with Gasteiger partial charge in [-0.25, -0.2) is 0 Å². The quantitative estimate of drug-likeness (QED) is 0.396. The van der Waals surface area contributed by atoms with Gasteiger partial charge in [-0.15, -0.1) is 0 Å². The second-order valence-electron chi connectivity index (χ2n) is 10.9. The molecule has 0 aliphatic heterocycles. The van der Waals surface area contributed by atoms with Gasteiger partial charge in [-0.3, -0.25) is 9.59 Å². The number of hydrogen-bond donors (Lipinski definition) is 0.